The minimum Gasteiger partial charge on any atom is -0.341 e. The van der Waals surface area contributed by atoms with E-state index in [0.29, 0.717) is 6.04 Å². The Morgan fingerprint density at radius 2 is 2.18 bits per heavy atom. The van der Waals surface area contributed by atoms with Gasteiger partial charge in [-0.1, -0.05) is 6.82 Å². The van der Waals surface area contributed by atoms with Gasteiger partial charge in [0, 0.05) is 12.2 Å². The molecule has 11 heavy (non-hydrogen) atoms. The molecule has 0 aliphatic rings. The predicted octanol–water partition coefficient (Wildman–Crippen LogP) is 1.15. The van der Waals surface area contributed by atoms with Gasteiger partial charge in [0.15, 0.2) is 7.28 Å². The van der Waals surface area contributed by atoms with E-state index in [9.17, 15) is 0 Å². The lowest BCUT2D eigenvalue weighted by Gasteiger charge is -2.09. The molecule has 0 amide bonds. The Hall–Kier alpha value is -0.725. The van der Waals surface area contributed by atoms with Crippen molar-refractivity contribution in [2.75, 3.05) is 0 Å². The Labute approximate surface area is 68.9 Å². The second kappa shape index (κ2) is 3.12. The fourth-order valence-corrected chi connectivity index (χ4v) is 1.16. The maximum Gasteiger partial charge on any atom is 0.198 e. The monoisotopic (exact) mass is 149 g/mol. The summed E-state index contributed by atoms with van der Waals surface area (Å²) in [5.41, 5.74) is 2.16. The van der Waals surface area contributed by atoms with Gasteiger partial charge in [0.25, 0.3) is 0 Å². The standard InChI is InChI=1S/C8H14BN2/c1-6(2)11-5-7(3)10-8(11)9-4/h5-6H,1-4H3. The van der Waals surface area contributed by atoms with Gasteiger partial charge in [-0.2, -0.15) is 0 Å². The average Bonchev–Trinajstić information content (AvgIpc) is 2.30. The van der Waals surface area contributed by atoms with E-state index in [-0.39, 0.29) is 0 Å². The number of hydrogen-bond donors (Lipinski definition) is 0. The van der Waals surface area contributed by atoms with Crippen molar-refractivity contribution in [1.82, 2.24) is 9.55 Å². The van der Waals surface area contributed by atoms with E-state index >= 15 is 0 Å². The molecule has 0 saturated carbocycles. The average molecular weight is 149 g/mol. The van der Waals surface area contributed by atoms with E-state index in [1.165, 1.54) is 0 Å². The van der Waals surface area contributed by atoms with Crippen molar-refractivity contribution in [3.05, 3.63) is 11.9 Å². The molecule has 0 aliphatic heterocycles. The lowest BCUT2D eigenvalue weighted by molar-refractivity contribution is 0.614. The van der Waals surface area contributed by atoms with Crippen LogP contribution < -0.4 is 5.72 Å². The first-order valence-electron chi connectivity index (χ1n) is 4.00. The fourth-order valence-electron chi connectivity index (χ4n) is 1.16. The fraction of sp³-hybridized carbons (Fsp3) is 0.625. The molecule has 2 nitrogen and oxygen atoms in total. The van der Waals surface area contributed by atoms with E-state index < -0.39 is 0 Å². The van der Waals surface area contributed by atoms with Crippen LogP contribution in [0.3, 0.4) is 0 Å². The summed E-state index contributed by atoms with van der Waals surface area (Å²) in [6, 6.07) is 0.502. The van der Waals surface area contributed by atoms with E-state index in [1.807, 2.05) is 21.0 Å². The number of rotatable bonds is 2. The molecule has 0 aliphatic carbocycles. The van der Waals surface area contributed by atoms with Gasteiger partial charge >= 0.3 is 0 Å². The normalized spacial score (nSPS) is 10.6. The zero-order chi connectivity index (χ0) is 8.43. The van der Waals surface area contributed by atoms with Gasteiger partial charge in [-0.25, -0.2) is 0 Å². The van der Waals surface area contributed by atoms with Crippen molar-refractivity contribution in [2.24, 2.45) is 0 Å². The molecule has 0 saturated heterocycles. The summed E-state index contributed by atoms with van der Waals surface area (Å²) >= 11 is 0. The van der Waals surface area contributed by atoms with Gasteiger partial charge in [0.05, 0.1) is 11.4 Å². The smallest absolute Gasteiger partial charge is 0.198 e. The van der Waals surface area contributed by atoms with E-state index in [4.69, 9.17) is 0 Å². The Morgan fingerprint density at radius 1 is 1.55 bits per heavy atom. The van der Waals surface area contributed by atoms with Crippen molar-refractivity contribution in [2.45, 2.75) is 33.6 Å². The highest BCUT2D eigenvalue weighted by atomic mass is 15.1. The minimum atomic E-state index is 0.502. The topological polar surface area (TPSA) is 17.8 Å². The molecule has 1 rings (SSSR count). The molecule has 0 spiro atoms. The van der Waals surface area contributed by atoms with Crippen molar-refractivity contribution < 1.29 is 0 Å². The first-order valence-corrected chi connectivity index (χ1v) is 4.00. The van der Waals surface area contributed by atoms with Crippen LogP contribution in [0.15, 0.2) is 6.20 Å². The quantitative estimate of drug-likeness (QED) is 0.576. The summed E-state index contributed by atoms with van der Waals surface area (Å²) in [5, 5.41) is 0. The van der Waals surface area contributed by atoms with Crippen molar-refractivity contribution in [1.29, 1.82) is 0 Å². The highest BCUT2D eigenvalue weighted by Crippen LogP contribution is 2.02. The molecule has 0 aromatic carbocycles. The van der Waals surface area contributed by atoms with Crippen LogP contribution in [0.5, 0.6) is 0 Å². The van der Waals surface area contributed by atoms with Crippen LogP contribution in [0.4, 0.5) is 0 Å². The molecule has 1 radical (unpaired) electrons. The zero-order valence-electron chi connectivity index (χ0n) is 7.63. The van der Waals surface area contributed by atoms with Crippen molar-refractivity contribution >= 4 is 13.0 Å². The molecule has 0 unspecified atom stereocenters. The lowest BCUT2D eigenvalue weighted by atomic mass is 9.81. The van der Waals surface area contributed by atoms with Gasteiger partial charge in [0.1, 0.15) is 0 Å². The van der Waals surface area contributed by atoms with Gasteiger partial charge in [-0.05, 0) is 20.8 Å². The second-order valence-corrected chi connectivity index (χ2v) is 3.03. The SMILES string of the molecule is C[B]c1nc(C)cn1C(C)C. The molecule has 1 heterocycles. The van der Waals surface area contributed by atoms with Crippen LogP contribution >= 0.6 is 0 Å². The number of aromatic nitrogens is 2. The highest BCUT2D eigenvalue weighted by molar-refractivity contribution is 6.49. The summed E-state index contributed by atoms with van der Waals surface area (Å²) in [6.45, 7) is 8.36. The van der Waals surface area contributed by atoms with Crippen LogP contribution in [-0.2, 0) is 0 Å². The number of aryl methyl sites for hydroxylation is 1. The Balaban J connectivity index is 3.02. The summed E-state index contributed by atoms with van der Waals surface area (Å²) in [7, 11) is 2.03. The molecule has 59 valence electrons. The van der Waals surface area contributed by atoms with E-state index in [2.05, 4.69) is 29.6 Å². The van der Waals surface area contributed by atoms with Crippen molar-refractivity contribution in [3.63, 3.8) is 0 Å². The first-order chi connectivity index (χ1) is 5.15. The zero-order valence-corrected chi connectivity index (χ0v) is 7.63. The molecule has 1 aromatic rings. The molecule has 0 fully saturated rings. The van der Waals surface area contributed by atoms with E-state index in [1.54, 1.807) is 0 Å². The summed E-state index contributed by atoms with van der Waals surface area (Å²) < 4.78 is 2.18. The van der Waals surface area contributed by atoms with Crippen LogP contribution in [-0.4, -0.2) is 16.8 Å². The molecule has 3 heteroatoms. The molecule has 1 aromatic heterocycles. The van der Waals surface area contributed by atoms with Crippen molar-refractivity contribution in [3.8, 4) is 0 Å². The van der Waals surface area contributed by atoms with Crippen LogP contribution in [0.25, 0.3) is 0 Å². The number of hydrogen-bond acceptors (Lipinski definition) is 1. The molecule has 0 N–H and O–H groups in total. The van der Waals surface area contributed by atoms with Gasteiger partial charge < -0.3 is 4.57 Å². The third-order valence-electron chi connectivity index (χ3n) is 1.70. The molecule has 0 bridgehead atoms. The summed E-state index contributed by atoms with van der Waals surface area (Å²) in [4.78, 5) is 4.36. The van der Waals surface area contributed by atoms with Crippen LogP contribution in [0.2, 0.25) is 6.82 Å². The minimum absolute atomic E-state index is 0.502. The molecular formula is C8H14BN2. The van der Waals surface area contributed by atoms with Gasteiger partial charge in [-0.15, -0.1) is 0 Å². The lowest BCUT2D eigenvalue weighted by Crippen LogP contribution is -2.25. The van der Waals surface area contributed by atoms with Crippen LogP contribution in [0, 0.1) is 6.92 Å². The third-order valence-corrected chi connectivity index (χ3v) is 1.70. The first kappa shape index (κ1) is 8.37. The third kappa shape index (κ3) is 1.64. The molecular weight excluding hydrogens is 135 g/mol. The summed E-state index contributed by atoms with van der Waals surface area (Å²) in [6.07, 6.45) is 2.08. The van der Waals surface area contributed by atoms with Gasteiger partial charge in [0.2, 0.25) is 0 Å². The Kier molecular flexibility index (Phi) is 2.37. The second-order valence-electron chi connectivity index (χ2n) is 3.03. The highest BCUT2D eigenvalue weighted by Gasteiger charge is 2.05. The largest absolute Gasteiger partial charge is 0.341 e. The number of nitrogens with zero attached hydrogens (tertiary/aromatic N) is 2. The number of imidazole rings is 1. The Bertz CT molecular complexity index is 240. The maximum absolute atomic E-state index is 4.36. The summed E-state index contributed by atoms with van der Waals surface area (Å²) in [5.74, 6) is 0. The van der Waals surface area contributed by atoms with E-state index in [0.717, 1.165) is 11.4 Å². The van der Waals surface area contributed by atoms with Gasteiger partial charge in [-0.3, -0.25) is 4.98 Å². The molecule has 0 atom stereocenters. The Morgan fingerprint density at radius 3 is 2.55 bits per heavy atom. The predicted molar refractivity (Wildman–Crippen MR) is 48.6 cm³/mol. The maximum atomic E-state index is 4.36. The van der Waals surface area contributed by atoms with Crippen LogP contribution in [0.1, 0.15) is 25.6 Å².